The van der Waals surface area contributed by atoms with Gasteiger partial charge in [-0.15, -0.1) is 0 Å². The molecular weight excluding hydrogens is 272 g/mol. The van der Waals surface area contributed by atoms with E-state index < -0.39 is 11.9 Å². The highest BCUT2D eigenvalue weighted by Gasteiger charge is 2.41. The van der Waals surface area contributed by atoms with E-state index in [1.54, 1.807) is 0 Å². The van der Waals surface area contributed by atoms with Crippen molar-refractivity contribution < 1.29 is 14.7 Å². The van der Waals surface area contributed by atoms with Crippen molar-refractivity contribution in [2.75, 3.05) is 0 Å². The SMILES string of the molecule is CC/C=C/C(NC(C)=O)[C@@H]1CC(C(=O)O)C[C@H]1N=C(N)N. The van der Waals surface area contributed by atoms with Crippen LogP contribution in [0.2, 0.25) is 0 Å². The maximum Gasteiger partial charge on any atom is 0.306 e. The summed E-state index contributed by atoms with van der Waals surface area (Å²) in [6.07, 6.45) is 5.49. The molecule has 1 aliphatic rings. The predicted octanol–water partition coefficient (Wildman–Crippen LogP) is 0.210. The van der Waals surface area contributed by atoms with E-state index in [0.29, 0.717) is 12.8 Å². The van der Waals surface area contributed by atoms with E-state index in [4.69, 9.17) is 11.5 Å². The van der Waals surface area contributed by atoms with Gasteiger partial charge in [0.2, 0.25) is 5.91 Å². The molecule has 0 spiro atoms. The molecular formula is C14H24N4O3. The number of nitrogens with zero attached hydrogens (tertiary/aromatic N) is 1. The summed E-state index contributed by atoms with van der Waals surface area (Å²) >= 11 is 0. The van der Waals surface area contributed by atoms with Crippen LogP contribution in [-0.2, 0) is 9.59 Å². The van der Waals surface area contributed by atoms with E-state index in [1.807, 2.05) is 19.1 Å². The van der Waals surface area contributed by atoms with Crippen LogP contribution in [-0.4, -0.2) is 35.0 Å². The van der Waals surface area contributed by atoms with Gasteiger partial charge < -0.3 is 21.9 Å². The Morgan fingerprint density at radius 1 is 1.43 bits per heavy atom. The number of guanidine groups is 1. The van der Waals surface area contributed by atoms with Gasteiger partial charge in [0.1, 0.15) is 0 Å². The van der Waals surface area contributed by atoms with Crippen LogP contribution < -0.4 is 16.8 Å². The van der Waals surface area contributed by atoms with Gasteiger partial charge in [0.15, 0.2) is 5.96 Å². The van der Waals surface area contributed by atoms with Gasteiger partial charge in [0.05, 0.1) is 18.0 Å². The van der Waals surface area contributed by atoms with Crippen molar-refractivity contribution in [1.82, 2.24) is 5.32 Å². The number of aliphatic carboxylic acids is 1. The number of carboxylic acid groups (broad SMARTS) is 1. The average molecular weight is 296 g/mol. The minimum absolute atomic E-state index is 0.0583. The zero-order chi connectivity index (χ0) is 16.0. The van der Waals surface area contributed by atoms with Crippen LogP contribution in [0.5, 0.6) is 0 Å². The molecule has 0 bridgehead atoms. The Labute approximate surface area is 124 Å². The summed E-state index contributed by atoms with van der Waals surface area (Å²) in [5.74, 6) is -1.69. The van der Waals surface area contributed by atoms with Crippen molar-refractivity contribution in [3.63, 3.8) is 0 Å². The lowest BCUT2D eigenvalue weighted by Crippen LogP contribution is -2.41. The Hall–Kier alpha value is -2.05. The molecule has 7 nitrogen and oxygen atoms in total. The quantitative estimate of drug-likeness (QED) is 0.316. The molecule has 118 valence electrons. The van der Waals surface area contributed by atoms with E-state index >= 15 is 0 Å². The van der Waals surface area contributed by atoms with Crippen molar-refractivity contribution in [1.29, 1.82) is 0 Å². The third-order valence-corrected chi connectivity index (χ3v) is 3.65. The molecule has 0 aromatic carbocycles. The van der Waals surface area contributed by atoms with E-state index in [9.17, 15) is 14.7 Å². The summed E-state index contributed by atoms with van der Waals surface area (Å²) in [5, 5.41) is 12.1. The highest BCUT2D eigenvalue weighted by Crippen LogP contribution is 2.36. The van der Waals surface area contributed by atoms with Gasteiger partial charge in [0.25, 0.3) is 0 Å². The highest BCUT2D eigenvalue weighted by atomic mass is 16.4. The molecule has 2 unspecified atom stereocenters. The second kappa shape index (κ2) is 7.66. The van der Waals surface area contributed by atoms with Crippen molar-refractivity contribution in [2.45, 2.75) is 45.2 Å². The molecule has 6 N–H and O–H groups in total. The van der Waals surface area contributed by atoms with Gasteiger partial charge in [-0.3, -0.25) is 9.59 Å². The molecule has 7 heteroatoms. The molecule has 4 atom stereocenters. The molecule has 1 fully saturated rings. The van der Waals surface area contributed by atoms with E-state index in [1.165, 1.54) is 6.92 Å². The molecule has 21 heavy (non-hydrogen) atoms. The number of nitrogens with one attached hydrogen (secondary N) is 1. The average Bonchev–Trinajstić information content (AvgIpc) is 2.77. The molecule has 0 radical (unpaired) electrons. The van der Waals surface area contributed by atoms with Gasteiger partial charge in [-0.05, 0) is 19.3 Å². The van der Waals surface area contributed by atoms with E-state index in [-0.39, 0.29) is 29.9 Å². The molecule has 1 aliphatic carbocycles. The second-order valence-electron chi connectivity index (χ2n) is 5.35. The number of hydrogen-bond acceptors (Lipinski definition) is 3. The molecule has 1 amide bonds. The third kappa shape index (κ3) is 5.09. The van der Waals surface area contributed by atoms with Crippen LogP contribution >= 0.6 is 0 Å². The maximum atomic E-state index is 11.4. The van der Waals surface area contributed by atoms with Gasteiger partial charge in [-0.1, -0.05) is 19.1 Å². The Morgan fingerprint density at radius 2 is 2.10 bits per heavy atom. The Morgan fingerprint density at radius 3 is 2.57 bits per heavy atom. The standard InChI is InChI=1S/C14H24N4O3/c1-3-4-5-11(17-8(2)19)10-6-9(13(20)21)7-12(10)18-14(15)16/h4-5,9-12H,3,6-7H2,1-2H3,(H,17,19)(H,20,21)(H4,15,16,18)/b5-4+/t9?,10-,11?,12+/m0/s1. The van der Waals surface area contributed by atoms with Crippen LogP contribution in [0.1, 0.15) is 33.1 Å². The number of carbonyl (C=O) groups is 2. The molecule has 0 heterocycles. The highest BCUT2D eigenvalue weighted by molar-refractivity contribution is 5.76. The number of allylic oxidation sites excluding steroid dienone is 1. The van der Waals surface area contributed by atoms with Crippen LogP contribution in [0.25, 0.3) is 0 Å². The van der Waals surface area contributed by atoms with Crippen LogP contribution in [0.4, 0.5) is 0 Å². The summed E-state index contributed by atoms with van der Waals surface area (Å²) in [5.41, 5.74) is 10.9. The first-order chi connectivity index (χ1) is 9.85. The first-order valence-corrected chi connectivity index (χ1v) is 7.10. The predicted molar refractivity (Wildman–Crippen MR) is 80.5 cm³/mol. The van der Waals surface area contributed by atoms with Crippen molar-refractivity contribution in [3.8, 4) is 0 Å². The molecule has 0 saturated heterocycles. The minimum Gasteiger partial charge on any atom is -0.481 e. The van der Waals surface area contributed by atoms with Crippen LogP contribution in [0.3, 0.4) is 0 Å². The van der Waals surface area contributed by atoms with Crippen molar-refractivity contribution in [3.05, 3.63) is 12.2 Å². The van der Waals surface area contributed by atoms with Gasteiger partial charge >= 0.3 is 5.97 Å². The molecule has 0 aromatic rings. The Balaban J connectivity index is 2.99. The lowest BCUT2D eigenvalue weighted by Gasteiger charge is -2.25. The number of hydrogen-bond donors (Lipinski definition) is 4. The van der Waals surface area contributed by atoms with Gasteiger partial charge in [0, 0.05) is 12.8 Å². The molecule has 0 aromatic heterocycles. The molecule has 0 aliphatic heterocycles. The Bertz CT molecular complexity index is 444. The van der Waals surface area contributed by atoms with Crippen LogP contribution in [0.15, 0.2) is 17.1 Å². The number of aliphatic imine (C=N–C) groups is 1. The lowest BCUT2D eigenvalue weighted by atomic mass is 9.93. The fraction of sp³-hybridized carbons (Fsp3) is 0.643. The Kier molecular flexibility index (Phi) is 6.20. The van der Waals surface area contributed by atoms with Crippen LogP contribution in [0, 0.1) is 11.8 Å². The number of nitrogens with two attached hydrogens (primary N) is 2. The first kappa shape index (κ1) is 17.0. The minimum atomic E-state index is -0.852. The zero-order valence-corrected chi connectivity index (χ0v) is 12.5. The topological polar surface area (TPSA) is 131 Å². The fourth-order valence-electron chi connectivity index (χ4n) is 2.79. The molecule has 1 rings (SSSR count). The monoisotopic (exact) mass is 296 g/mol. The summed E-state index contributed by atoms with van der Waals surface area (Å²) in [6, 6.07) is -0.561. The van der Waals surface area contributed by atoms with E-state index in [0.717, 1.165) is 6.42 Å². The number of amides is 1. The zero-order valence-electron chi connectivity index (χ0n) is 12.5. The normalized spacial score (nSPS) is 26.5. The van der Waals surface area contributed by atoms with E-state index in [2.05, 4.69) is 10.3 Å². The molecule has 1 saturated carbocycles. The largest absolute Gasteiger partial charge is 0.481 e. The van der Waals surface area contributed by atoms with Crippen molar-refractivity contribution in [2.24, 2.45) is 28.3 Å². The number of carbonyl (C=O) groups excluding carboxylic acids is 1. The summed E-state index contributed by atoms with van der Waals surface area (Å²) in [6.45, 7) is 3.43. The summed E-state index contributed by atoms with van der Waals surface area (Å²) in [4.78, 5) is 26.7. The second-order valence-corrected chi connectivity index (χ2v) is 5.35. The van der Waals surface area contributed by atoms with Gasteiger partial charge in [-0.25, -0.2) is 4.99 Å². The third-order valence-electron chi connectivity index (χ3n) is 3.65. The summed E-state index contributed by atoms with van der Waals surface area (Å²) < 4.78 is 0. The lowest BCUT2D eigenvalue weighted by molar-refractivity contribution is -0.141. The first-order valence-electron chi connectivity index (χ1n) is 7.10. The number of carboxylic acids is 1. The maximum absolute atomic E-state index is 11.4. The summed E-state index contributed by atoms with van der Waals surface area (Å²) in [7, 11) is 0. The van der Waals surface area contributed by atoms with Crippen molar-refractivity contribution >= 4 is 17.8 Å². The number of rotatable bonds is 6. The fourth-order valence-corrected chi connectivity index (χ4v) is 2.79. The van der Waals surface area contributed by atoms with Gasteiger partial charge in [-0.2, -0.15) is 0 Å². The smallest absolute Gasteiger partial charge is 0.306 e.